The molecule has 0 saturated heterocycles. The minimum Gasteiger partial charge on any atom is -0.493 e. The van der Waals surface area contributed by atoms with Crippen LogP contribution >= 0.6 is 24.0 Å². The Hall–Kier alpha value is -1.48. The van der Waals surface area contributed by atoms with Gasteiger partial charge in [-0.05, 0) is 44.6 Å². The van der Waals surface area contributed by atoms with Gasteiger partial charge in [0.15, 0.2) is 17.5 Å². The fourth-order valence-electron chi connectivity index (χ4n) is 2.98. The van der Waals surface area contributed by atoms with E-state index in [1.165, 1.54) is 0 Å². The van der Waals surface area contributed by atoms with E-state index in [1.807, 2.05) is 12.1 Å². The number of nitrogens with zero attached hydrogens (tertiary/aromatic N) is 2. The van der Waals surface area contributed by atoms with Gasteiger partial charge < -0.3 is 25.0 Å². The van der Waals surface area contributed by atoms with Gasteiger partial charge >= 0.3 is 0 Å². The molecule has 0 saturated carbocycles. The number of rotatable bonds is 7. The Morgan fingerprint density at radius 1 is 1.19 bits per heavy atom. The van der Waals surface area contributed by atoms with E-state index < -0.39 is 0 Å². The highest BCUT2D eigenvalue weighted by molar-refractivity contribution is 14.0. The first-order valence-electron chi connectivity index (χ1n) is 8.59. The second kappa shape index (κ2) is 11.3. The summed E-state index contributed by atoms with van der Waals surface area (Å²) in [6.07, 6.45) is 6.51. The summed E-state index contributed by atoms with van der Waals surface area (Å²) in [5, 5.41) is 6.91. The quantitative estimate of drug-likeness (QED) is 0.276. The molecule has 26 heavy (non-hydrogen) atoms. The van der Waals surface area contributed by atoms with E-state index in [9.17, 15) is 0 Å². The molecule has 0 bridgehead atoms. The van der Waals surface area contributed by atoms with Crippen molar-refractivity contribution in [2.24, 2.45) is 4.99 Å². The SMILES string of the molecule is CN=C(NCC(c1ccc(OC)c(OC)c1)N(C)C)NC1CC=CC1.I. The maximum atomic E-state index is 5.44. The zero-order valence-corrected chi connectivity index (χ0v) is 18.6. The number of ether oxygens (including phenoxy) is 2. The number of methoxy groups -OCH3 is 2. The molecule has 0 heterocycles. The first-order valence-corrected chi connectivity index (χ1v) is 8.59. The third-order valence-electron chi connectivity index (χ3n) is 4.45. The van der Waals surface area contributed by atoms with E-state index in [0.29, 0.717) is 6.04 Å². The second-order valence-electron chi connectivity index (χ2n) is 6.33. The molecule has 2 rings (SSSR count). The fraction of sp³-hybridized carbons (Fsp3) is 0.526. The van der Waals surface area contributed by atoms with E-state index in [2.05, 4.69) is 52.8 Å². The van der Waals surface area contributed by atoms with Gasteiger partial charge in [-0.2, -0.15) is 0 Å². The van der Waals surface area contributed by atoms with Gasteiger partial charge in [0.05, 0.1) is 20.3 Å². The number of hydrogen-bond acceptors (Lipinski definition) is 4. The lowest BCUT2D eigenvalue weighted by Crippen LogP contribution is -2.45. The lowest BCUT2D eigenvalue weighted by Gasteiger charge is -2.27. The molecular weight excluding hydrogens is 443 g/mol. The lowest BCUT2D eigenvalue weighted by molar-refractivity contribution is 0.295. The largest absolute Gasteiger partial charge is 0.493 e. The van der Waals surface area contributed by atoms with Crippen LogP contribution < -0.4 is 20.1 Å². The summed E-state index contributed by atoms with van der Waals surface area (Å²) in [5.41, 5.74) is 1.16. The van der Waals surface area contributed by atoms with Crippen LogP contribution in [0.4, 0.5) is 0 Å². The highest BCUT2D eigenvalue weighted by Crippen LogP contribution is 2.31. The number of hydrogen-bond donors (Lipinski definition) is 2. The van der Waals surface area contributed by atoms with Crippen molar-refractivity contribution in [1.29, 1.82) is 0 Å². The van der Waals surface area contributed by atoms with Crippen molar-refractivity contribution in [2.75, 3.05) is 41.9 Å². The molecule has 1 aliphatic carbocycles. The molecule has 6 nitrogen and oxygen atoms in total. The molecule has 1 unspecified atom stereocenters. The predicted molar refractivity (Wildman–Crippen MR) is 118 cm³/mol. The van der Waals surface area contributed by atoms with Crippen LogP contribution in [-0.4, -0.2) is 58.8 Å². The Morgan fingerprint density at radius 2 is 1.85 bits per heavy atom. The average molecular weight is 474 g/mol. The molecule has 1 aromatic rings. The number of guanidine groups is 1. The van der Waals surface area contributed by atoms with Crippen LogP contribution in [0.15, 0.2) is 35.3 Å². The van der Waals surface area contributed by atoms with Gasteiger partial charge in [-0.3, -0.25) is 4.99 Å². The van der Waals surface area contributed by atoms with Crippen molar-refractivity contribution in [3.63, 3.8) is 0 Å². The summed E-state index contributed by atoms with van der Waals surface area (Å²) < 4.78 is 10.8. The van der Waals surface area contributed by atoms with E-state index >= 15 is 0 Å². The molecule has 0 aromatic heterocycles. The van der Waals surface area contributed by atoms with Crippen LogP contribution in [0.1, 0.15) is 24.4 Å². The normalized spacial score (nSPS) is 15.5. The first kappa shape index (κ1) is 22.6. The topological polar surface area (TPSA) is 58.1 Å². The zero-order chi connectivity index (χ0) is 18.2. The van der Waals surface area contributed by atoms with Crippen LogP contribution in [0, 0.1) is 0 Å². The number of benzene rings is 1. The van der Waals surface area contributed by atoms with Gasteiger partial charge in [0.2, 0.25) is 0 Å². The van der Waals surface area contributed by atoms with Crippen LogP contribution in [0.2, 0.25) is 0 Å². The summed E-state index contributed by atoms with van der Waals surface area (Å²) in [6.45, 7) is 0.738. The minimum atomic E-state index is 0. The third kappa shape index (κ3) is 6.05. The van der Waals surface area contributed by atoms with Crippen molar-refractivity contribution < 1.29 is 9.47 Å². The summed E-state index contributed by atoms with van der Waals surface area (Å²) in [5.74, 6) is 2.32. The number of likely N-dealkylation sites (N-methyl/N-ethyl adjacent to an activating group) is 1. The highest BCUT2D eigenvalue weighted by Gasteiger charge is 2.18. The molecule has 1 atom stereocenters. The predicted octanol–water partition coefficient (Wildman–Crippen LogP) is 2.81. The molecule has 146 valence electrons. The molecule has 1 aromatic carbocycles. The summed E-state index contributed by atoms with van der Waals surface area (Å²) in [4.78, 5) is 6.52. The molecule has 1 aliphatic rings. The molecule has 0 spiro atoms. The smallest absolute Gasteiger partial charge is 0.191 e. The van der Waals surface area contributed by atoms with Crippen LogP contribution in [0.3, 0.4) is 0 Å². The zero-order valence-electron chi connectivity index (χ0n) is 16.3. The Kier molecular flexibility index (Phi) is 9.79. The first-order chi connectivity index (χ1) is 12.1. The Bertz CT molecular complexity index is 612. The molecule has 0 fully saturated rings. The van der Waals surface area contributed by atoms with Gasteiger partial charge in [0.25, 0.3) is 0 Å². The van der Waals surface area contributed by atoms with Crippen molar-refractivity contribution in [3.8, 4) is 11.5 Å². The lowest BCUT2D eigenvalue weighted by atomic mass is 10.1. The van der Waals surface area contributed by atoms with Crippen molar-refractivity contribution in [2.45, 2.75) is 24.9 Å². The molecule has 2 N–H and O–H groups in total. The van der Waals surface area contributed by atoms with Gasteiger partial charge in [0, 0.05) is 19.6 Å². The summed E-state index contributed by atoms with van der Waals surface area (Å²) in [6, 6.07) is 6.67. The second-order valence-corrected chi connectivity index (χ2v) is 6.33. The third-order valence-corrected chi connectivity index (χ3v) is 4.45. The van der Waals surface area contributed by atoms with E-state index in [1.54, 1.807) is 21.3 Å². The molecule has 0 amide bonds. The van der Waals surface area contributed by atoms with Crippen LogP contribution in [0.5, 0.6) is 11.5 Å². The average Bonchev–Trinajstić information content (AvgIpc) is 3.13. The minimum absolute atomic E-state index is 0. The van der Waals surface area contributed by atoms with E-state index in [0.717, 1.165) is 42.4 Å². The molecule has 0 aliphatic heterocycles. The monoisotopic (exact) mass is 474 g/mol. The summed E-state index contributed by atoms with van der Waals surface area (Å²) in [7, 11) is 9.25. The van der Waals surface area contributed by atoms with Gasteiger partial charge in [0.1, 0.15) is 0 Å². The number of nitrogens with one attached hydrogen (secondary N) is 2. The van der Waals surface area contributed by atoms with Crippen LogP contribution in [-0.2, 0) is 0 Å². The summed E-state index contributed by atoms with van der Waals surface area (Å²) >= 11 is 0. The Morgan fingerprint density at radius 3 is 2.38 bits per heavy atom. The highest BCUT2D eigenvalue weighted by atomic mass is 127. The van der Waals surface area contributed by atoms with E-state index in [4.69, 9.17) is 9.47 Å². The number of halogens is 1. The van der Waals surface area contributed by atoms with Crippen molar-refractivity contribution >= 4 is 29.9 Å². The van der Waals surface area contributed by atoms with Crippen molar-refractivity contribution in [1.82, 2.24) is 15.5 Å². The molecule has 0 radical (unpaired) electrons. The fourth-order valence-corrected chi connectivity index (χ4v) is 2.98. The maximum Gasteiger partial charge on any atom is 0.191 e. The number of aliphatic imine (C=N–C) groups is 1. The van der Waals surface area contributed by atoms with E-state index in [-0.39, 0.29) is 30.0 Å². The van der Waals surface area contributed by atoms with Crippen molar-refractivity contribution in [3.05, 3.63) is 35.9 Å². The molecule has 7 heteroatoms. The van der Waals surface area contributed by atoms with Gasteiger partial charge in [-0.15, -0.1) is 24.0 Å². The molecular formula is C19H31IN4O2. The maximum absolute atomic E-state index is 5.44. The Balaban J connectivity index is 0.00000338. The standard InChI is InChI=1S/C19H30N4O2.HI/c1-20-19(22-15-8-6-7-9-15)21-13-16(23(2)3)14-10-11-17(24-4)18(12-14)25-5;/h6-7,10-12,15-16H,8-9,13H2,1-5H3,(H2,20,21,22);1H. The van der Waals surface area contributed by atoms with Gasteiger partial charge in [-0.25, -0.2) is 0 Å². The van der Waals surface area contributed by atoms with Gasteiger partial charge in [-0.1, -0.05) is 18.2 Å². The van der Waals surface area contributed by atoms with Crippen LogP contribution in [0.25, 0.3) is 0 Å². The Labute approximate surface area is 174 Å².